The Morgan fingerprint density at radius 1 is 0.962 bits per heavy atom. The first-order valence-corrected chi connectivity index (χ1v) is 9.69. The molecule has 0 N–H and O–H groups in total. The second-order valence-corrected chi connectivity index (χ2v) is 7.59. The van der Waals surface area contributed by atoms with Crippen molar-refractivity contribution in [2.24, 2.45) is 5.92 Å². The Hall–Kier alpha value is -2.08. The molecule has 2 aliphatic heterocycles. The number of carbonyl (C=O) groups is 2. The van der Waals surface area contributed by atoms with Gasteiger partial charge in [-0.25, -0.2) is 4.79 Å². The van der Waals surface area contributed by atoms with Crippen LogP contribution in [0.15, 0.2) is 30.3 Å². The van der Waals surface area contributed by atoms with E-state index in [0.717, 1.165) is 37.8 Å². The van der Waals surface area contributed by atoms with Crippen molar-refractivity contribution in [3.05, 3.63) is 35.9 Å². The minimum Gasteiger partial charge on any atom is -0.445 e. The van der Waals surface area contributed by atoms with Crippen LogP contribution in [0, 0.1) is 5.92 Å². The van der Waals surface area contributed by atoms with Gasteiger partial charge in [-0.15, -0.1) is 0 Å². The molecule has 6 nitrogen and oxygen atoms in total. The largest absolute Gasteiger partial charge is 0.445 e. The normalized spacial score (nSPS) is 21.8. The van der Waals surface area contributed by atoms with E-state index in [4.69, 9.17) is 4.74 Å². The lowest BCUT2D eigenvalue weighted by Crippen LogP contribution is -2.60. The van der Waals surface area contributed by atoms with Crippen LogP contribution in [0.4, 0.5) is 4.79 Å². The second kappa shape index (κ2) is 7.66. The molecule has 0 atom stereocenters. The Bertz CT molecular complexity index is 633. The fraction of sp³-hybridized carbons (Fsp3) is 0.600. The maximum atomic E-state index is 12.6. The van der Waals surface area contributed by atoms with E-state index in [2.05, 4.69) is 4.90 Å². The summed E-state index contributed by atoms with van der Waals surface area (Å²) in [7, 11) is 0. The summed E-state index contributed by atoms with van der Waals surface area (Å²) in [4.78, 5) is 30.8. The van der Waals surface area contributed by atoms with E-state index in [-0.39, 0.29) is 24.5 Å². The molecule has 140 valence electrons. The molecule has 1 saturated carbocycles. The number of nitrogens with zero attached hydrogens (tertiary/aromatic N) is 3. The lowest BCUT2D eigenvalue weighted by Gasteiger charge is -2.45. The smallest absolute Gasteiger partial charge is 0.410 e. The quantitative estimate of drug-likeness (QED) is 0.827. The van der Waals surface area contributed by atoms with Crippen LogP contribution in [0.1, 0.15) is 24.8 Å². The Morgan fingerprint density at radius 2 is 1.65 bits per heavy atom. The Balaban J connectivity index is 1.17. The predicted octanol–water partition coefficient (Wildman–Crippen LogP) is 1.95. The monoisotopic (exact) mass is 357 g/mol. The van der Waals surface area contributed by atoms with Gasteiger partial charge < -0.3 is 14.5 Å². The number of ether oxygens (including phenoxy) is 1. The van der Waals surface area contributed by atoms with Crippen molar-refractivity contribution in [1.29, 1.82) is 0 Å². The van der Waals surface area contributed by atoms with Gasteiger partial charge in [0, 0.05) is 45.3 Å². The summed E-state index contributed by atoms with van der Waals surface area (Å²) in [5.41, 5.74) is 0.971. The first-order valence-electron chi connectivity index (χ1n) is 9.69. The molecule has 2 saturated heterocycles. The summed E-state index contributed by atoms with van der Waals surface area (Å²) in [6.07, 6.45) is 3.66. The molecule has 1 aromatic rings. The molecule has 0 spiro atoms. The van der Waals surface area contributed by atoms with Crippen molar-refractivity contribution in [3.8, 4) is 0 Å². The van der Waals surface area contributed by atoms with Gasteiger partial charge in [-0.1, -0.05) is 36.8 Å². The maximum Gasteiger partial charge on any atom is 0.410 e. The van der Waals surface area contributed by atoms with Crippen LogP contribution in [0.25, 0.3) is 0 Å². The zero-order chi connectivity index (χ0) is 17.9. The van der Waals surface area contributed by atoms with Gasteiger partial charge in [0.05, 0.1) is 5.92 Å². The van der Waals surface area contributed by atoms with Crippen molar-refractivity contribution in [2.75, 3.05) is 39.3 Å². The fourth-order valence-corrected chi connectivity index (χ4v) is 3.91. The molecule has 3 aliphatic rings. The van der Waals surface area contributed by atoms with Gasteiger partial charge in [-0.3, -0.25) is 9.69 Å². The van der Waals surface area contributed by atoms with E-state index in [1.165, 1.54) is 19.3 Å². The van der Waals surface area contributed by atoms with Gasteiger partial charge >= 0.3 is 6.09 Å². The number of hydrogen-bond donors (Lipinski definition) is 0. The SMILES string of the molecule is O=C(OCc1ccccc1)N1CC(C(=O)N2CCN(C3CCC3)CC2)C1. The number of hydrogen-bond acceptors (Lipinski definition) is 4. The van der Waals surface area contributed by atoms with Crippen molar-refractivity contribution in [1.82, 2.24) is 14.7 Å². The predicted molar refractivity (Wildman–Crippen MR) is 97.5 cm³/mol. The molecule has 3 fully saturated rings. The molecule has 1 aliphatic carbocycles. The van der Waals surface area contributed by atoms with Gasteiger partial charge in [-0.05, 0) is 18.4 Å². The summed E-state index contributed by atoms with van der Waals surface area (Å²) in [6.45, 7) is 4.87. The van der Waals surface area contributed by atoms with E-state index >= 15 is 0 Å². The van der Waals surface area contributed by atoms with E-state index in [0.29, 0.717) is 13.1 Å². The summed E-state index contributed by atoms with van der Waals surface area (Å²) >= 11 is 0. The summed E-state index contributed by atoms with van der Waals surface area (Å²) in [5, 5.41) is 0. The van der Waals surface area contributed by atoms with Gasteiger partial charge in [0.2, 0.25) is 5.91 Å². The molecular weight excluding hydrogens is 330 g/mol. The molecule has 2 amide bonds. The lowest BCUT2D eigenvalue weighted by atomic mass is 9.91. The average molecular weight is 357 g/mol. The fourth-order valence-electron chi connectivity index (χ4n) is 3.91. The molecule has 26 heavy (non-hydrogen) atoms. The van der Waals surface area contributed by atoms with E-state index in [1.807, 2.05) is 35.2 Å². The molecule has 0 aromatic heterocycles. The van der Waals surface area contributed by atoms with Crippen molar-refractivity contribution < 1.29 is 14.3 Å². The zero-order valence-corrected chi connectivity index (χ0v) is 15.2. The molecule has 0 bridgehead atoms. The summed E-state index contributed by atoms with van der Waals surface area (Å²) in [5.74, 6) is 0.139. The Morgan fingerprint density at radius 3 is 2.27 bits per heavy atom. The highest BCUT2D eigenvalue weighted by atomic mass is 16.6. The van der Waals surface area contributed by atoms with Gasteiger partial charge in [0.15, 0.2) is 0 Å². The highest BCUT2D eigenvalue weighted by Crippen LogP contribution is 2.26. The number of carbonyl (C=O) groups excluding carboxylic acids is 2. The highest BCUT2D eigenvalue weighted by Gasteiger charge is 2.40. The van der Waals surface area contributed by atoms with Crippen molar-refractivity contribution >= 4 is 12.0 Å². The van der Waals surface area contributed by atoms with Crippen LogP contribution in [0.3, 0.4) is 0 Å². The third kappa shape index (κ3) is 3.70. The lowest BCUT2D eigenvalue weighted by molar-refractivity contribution is -0.142. The third-order valence-corrected chi connectivity index (χ3v) is 5.91. The number of rotatable bonds is 4. The minimum atomic E-state index is -0.326. The molecule has 4 rings (SSSR count). The van der Waals surface area contributed by atoms with Crippen LogP contribution in [0.2, 0.25) is 0 Å². The van der Waals surface area contributed by atoms with Crippen molar-refractivity contribution in [2.45, 2.75) is 31.9 Å². The molecule has 0 unspecified atom stereocenters. The molecule has 6 heteroatoms. The Kier molecular flexibility index (Phi) is 5.11. The van der Waals surface area contributed by atoms with Crippen LogP contribution < -0.4 is 0 Å². The third-order valence-electron chi connectivity index (χ3n) is 5.91. The number of amides is 2. The van der Waals surface area contributed by atoms with Gasteiger partial charge in [0.25, 0.3) is 0 Å². The van der Waals surface area contributed by atoms with Crippen LogP contribution in [-0.4, -0.2) is 72.0 Å². The molecule has 0 radical (unpaired) electrons. The van der Waals surface area contributed by atoms with Gasteiger partial charge in [0.1, 0.15) is 6.61 Å². The van der Waals surface area contributed by atoms with E-state index in [9.17, 15) is 9.59 Å². The van der Waals surface area contributed by atoms with Crippen LogP contribution in [0.5, 0.6) is 0 Å². The first kappa shape index (κ1) is 17.3. The van der Waals surface area contributed by atoms with E-state index < -0.39 is 0 Å². The minimum absolute atomic E-state index is 0.0606. The topological polar surface area (TPSA) is 53.1 Å². The summed E-state index contributed by atoms with van der Waals surface area (Å²) in [6, 6.07) is 10.4. The first-order chi connectivity index (χ1) is 12.7. The van der Waals surface area contributed by atoms with Crippen LogP contribution >= 0.6 is 0 Å². The second-order valence-electron chi connectivity index (χ2n) is 7.59. The van der Waals surface area contributed by atoms with Crippen molar-refractivity contribution in [3.63, 3.8) is 0 Å². The maximum absolute atomic E-state index is 12.6. The molecule has 1 aromatic carbocycles. The standard InChI is InChI=1S/C20H27N3O3/c24-19(22-11-9-21(10-12-22)18-7-4-8-18)17-13-23(14-17)20(25)26-15-16-5-2-1-3-6-16/h1-3,5-6,17-18H,4,7-15H2. The molecular formula is C20H27N3O3. The average Bonchev–Trinajstić information content (AvgIpc) is 2.59. The highest BCUT2D eigenvalue weighted by molar-refractivity contribution is 5.82. The van der Waals surface area contributed by atoms with Crippen LogP contribution in [-0.2, 0) is 16.1 Å². The Labute approximate surface area is 154 Å². The van der Waals surface area contributed by atoms with E-state index in [1.54, 1.807) is 4.90 Å². The van der Waals surface area contributed by atoms with Gasteiger partial charge in [-0.2, -0.15) is 0 Å². The summed E-state index contributed by atoms with van der Waals surface area (Å²) < 4.78 is 5.32. The molecule has 2 heterocycles. The zero-order valence-electron chi connectivity index (χ0n) is 15.2. The number of piperazine rings is 1. The number of benzene rings is 1. The number of likely N-dealkylation sites (tertiary alicyclic amines) is 1.